The smallest absolute Gasteiger partial charge is 0.0534 e. The average molecular weight is 305 g/mol. The molecule has 0 radical (unpaired) electrons. The van der Waals surface area contributed by atoms with Crippen molar-refractivity contribution in [3.8, 4) is 0 Å². The summed E-state index contributed by atoms with van der Waals surface area (Å²) in [4.78, 5) is 0. The first kappa shape index (κ1) is 15.5. The Labute approximate surface area is 138 Å². The van der Waals surface area contributed by atoms with Crippen LogP contribution in [-0.4, -0.2) is 15.8 Å². The number of benzene rings is 2. The summed E-state index contributed by atoms with van der Waals surface area (Å²) in [5.41, 5.74) is 3.88. The van der Waals surface area contributed by atoms with Gasteiger partial charge in [-0.2, -0.15) is 5.10 Å². The standard InChI is InChI=1S/C20H23N3/c1-16(21-13-17-14-22-23(2)15-17)20(18-9-5-3-6-10-18)19-11-7-4-8-12-19/h3-12,14-16,20-21H,13H2,1-2H3. The van der Waals surface area contributed by atoms with Crippen LogP contribution in [0.25, 0.3) is 0 Å². The molecule has 0 amide bonds. The van der Waals surface area contributed by atoms with Gasteiger partial charge in [-0.05, 0) is 18.1 Å². The van der Waals surface area contributed by atoms with Gasteiger partial charge in [0.1, 0.15) is 0 Å². The molecule has 23 heavy (non-hydrogen) atoms. The first-order valence-corrected chi connectivity index (χ1v) is 8.05. The molecule has 118 valence electrons. The maximum Gasteiger partial charge on any atom is 0.0534 e. The van der Waals surface area contributed by atoms with Crippen molar-refractivity contribution in [2.75, 3.05) is 0 Å². The van der Waals surface area contributed by atoms with Crippen LogP contribution >= 0.6 is 0 Å². The van der Waals surface area contributed by atoms with E-state index in [-0.39, 0.29) is 0 Å². The van der Waals surface area contributed by atoms with E-state index in [1.54, 1.807) is 0 Å². The van der Waals surface area contributed by atoms with Crippen molar-refractivity contribution in [3.63, 3.8) is 0 Å². The molecule has 1 atom stereocenters. The molecule has 1 unspecified atom stereocenters. The Hall–Kier alpha value is -2.39. The summed E-state index contributed by atoms with van der Waals surface area (Å²) in [6, 6.07) is 21.7. The number of rotatable bonds is 6. The van der Waals surface area contributed by atoms with Crippen molar-refractivity contribution in [3.05, 3.63) is 89.7 Å². The van der Waals surface area contributed by atoms with Crippen molar-refractivity contribution in [2.24, 2.45) is 7.05 Å². The van der Waals surface area contributed by atoms with Gasteiger partial charge in [0.05, 0.1) is 6.20 Å². The molecular formula is C20H23N3. The first-order valence-electron chi connectivity index (χ1n) is 8.05. The average Bonchev–Trinajstić information content (AvgIpc) is 3.01. The minimum atomic E-state index is 0.319. The molecule has 0 fully saturated rings. The zero-order chi connectivity index (χ0) is 16.1. The Morgan fingerprint density at radius 2 is 1.52 bits per heavy atom. The van der Waals surface area contributed by atoms with Gasteiger partial charge in [0, 0.05) is 37.3 Å². The number of hydrogen-bond acceptors (Lipinski definition) is 2. The monoisotopic (exact) mass is 305 g/mol. The highest BCUT2D eigenvalue weighted by atomic mass is 15.2. The van der Waals surface area contributed by atoms with Gasteiger partial charge in [0.25, 0.3) is 0 Å². The van der Waals surface area contributed by atoms with Gasteiger partial charge in [0.15, 0.2) is 0 Å². The molecule has 0 bridgehead atoms. The van der Waals surface area contributed by atoms with Crippen LogP contribution in [-0.2, 0) is 13.6 Å². The van der Waals surface area contributed by atoms with Gasteiger partial charge in [-0.1, -0.05) is 60.7 Å². The normalized spacial score (nSPS) is 12.5. The topological polar surface area (TPSA) is 29.9 Å². The molecule has 3 heteroatoms. The lowest BCUT2D eigenvalue weighted by atomic mass is 9.86. The number of nitrogens with zero attached hydrogens (tertiary/aromatic N) is 2. The SMILES string of the molecule is CC(NCc1cnn(C)c1)C(c1ccccc1)c1ccccc1. The predicted molar refractivity (Wildman–Crippen MR) is 94.2 cm³/mol. The van der Waals surface area contributed by atoms with Crippen LogP contribution in [0.15, 0.2) is 73.1 Å². The van der Waals surface area contributed by atoms with E-state index in [1.807, 2.05) is 17.9 Å². The van der Waals surface area contributed by atoms with Gasteiger partial charge in [-0.3, -0.25) is 4.68 Å². The van der Waals surface area contributed by atoms with E-state index in [1.165, 1.54) is 16.7 Å². The molecule has 0 saturated heterocycles. The molecule has 1 aromatic heterocycles. The second kappa shape index (κ2) is 7.25. The van der Waals surface area contributed by atoms with E-state index in [2.05, 4.69) is 84.2 Å². The first-order chi connectivity index (χ1) is 11.2. The number of hydrogen-bond donors (Lipinski definition) is 1. The van der Waals surface area contributed by atoms with E-state index in [0.717, 1.165) is 6.54 Å². The van der Waals surface area contributed by atoms with Crippen LogP contribution in [0.1, 0.15) is 29.5 Å². The van der Waals surface area contributed by atoms with Crippen LogP contribution < -0.4 is 5.32 Å². The summed E-state index contributed by atoms with van der Waals surface area (Å²) in [6.07, 6.45) is 3.97. The molecule has 0 saturated carbocycles. The largest absolute Gasteiger partial charge is 0.309 e. The highest BCUT2D eigenvalue weighted by molar-refractivity contribution is 5.34. The molecular weight excluding hydrogens is 282 g/mol. The van der Waals surface area contributed by atoms with Crippen LogP contribution in [0.4, 0.5) is 0 Å². The molecule has 2 aromatic carbocycles. The molecule has 3 nitrogen and oxygen atoms in total. The summed E-state index contributed by atoms with van der Waals surface area (Å²) in [5.74, 6) is 0.328. The molecule has 3 aromatic rings. The minimum absolute atomic E-state index is 0.319. The number of nitrogens with one attached hydrogen (secondary N) is 1. The lowest BCUT2D eigenvalue weighted by Crippen LogP contribution is -2.32. The molecule has 0 aliphatic rings. The van der Waals surface area contributed by atoms with Crippen molar-refractivity contribution in [1.29, 1.82) is 0 Å². The highest BCUT2D eigenvalue weighted by Gasteiger charge is 2.20. The third-order valence-electron chi connectivity index (χ3n) is 4.20. The minimum Gasteiger partial charge on any atom is -0.309 e. The Morgan fingerprint density at radius 3 is 2.00 bits per heavy atom. The van der Waals surface area contributed by atoms with Crippen LogP contribution in [0.5, 0.6) is 0 Å². The van der Waals surface area contributed by atoms with Crippen LogP contribution in [0.2, 0.25) is 0 Å². The fraction of sp³-hybridized carbons (Fsp3) is 0.250. The lowest BCUT2D eigenvalue weighted by Gasteiger charge is -2.26. The van der Waals surface area contributed by atoms with E-state index in [4.69, 9.17) is 0 Å². The van der Waals surface area contributed by atoms with Crippen molar-refractivity contribution >= 4 is 0 Å². The molecule has 3 rings (SSSR count). The predicted octanol–water partition coefficient (Wildman–Crippen LogP) is 3.73. The summed E-state index contributed by atoms with van der Waals surface area (Å²) >= 11 is 0. The molecule has 0 aliphatic heterocycles. The molecule has 0 spiro atoms. The number of aromatic nitrogens is 2. The Bertz CT molecular complexity index is 679. The highest BCUT2D eigenvalue weighted by Crippen LogP contribution is 2.28. The van der Waals surface area contributed by atoms with Gasteiger partial charge in [0.2, 0.25) is 0 Å². The maximum atomic E-state index is 4.23. The Balaban J connectivity index is 1.80. The van der Waals surface area contributed by atoms with E-state index in [0.29, 0.717) is 12.0 Å². The van der Waals surface area contributed by atoms with E-state index in [9.17, 15) is 0 Å². The summed E-state index contributed by atoms with van der Waals surface area (Å²) in [7, 11) is 1.95. The van der Waals surface area contributed by atoms with Gasteiger partial charge >= 0.3 is 0 Å². The van der Waals surface area contributed by atoms with Crippen LogP contribution in [0.3, 0.4) is 0 Å². The molecule has 1 heterocycles. The quantitative estimate of drug-likeness (QED) is 0.752. The summed E-state index contributed by atoms with van der Waals surface area (Å²) < 4.78 is 1.84. The Kier molecular flexibility index (Phi) is 4.89. The molecule has 1 N–H and O–H groups in total. The lowest BCUT2D eigenvalue weighted by molar-refractivity contribution is 0.498. The Morgan fingerprint density at radius 1 is 0.957 bits per heavy atom. The second-order valence-electron chi connectivity index (χ2n) is 5.99. The summed E-state index contributed by atoms with van der Waals surface area (Å²) in [5, 5.41) is 7.89. The van der Waals surface area contributed by atoms with Gasteiger partial charge in [-0.15, -0.1) is 0 Å². The van der Waals surface area contributed by atoms with Crippen molar-refractivity contribution < 1.29 is 0 Å². The van der Waals surface area contributed by atoms with E-state index < -0.39 is 0 Å². The third kappa shape index (κ3) is 3.88. The summed E-state index contributed by atoms with van der Waals surface area (Å²) in [6.45, 7) is 3.08. The van der Waals surface area contributed by atoms with Crippen LogP contribution in [0, 0.1) is 0 Å². The zero-order valence-corrected chi connectivity index (χ0v) is 13.7. The van der Waals surface area contributed by atoms with Crippen molar-refractivity contribution in [1.82, 2.24) is 15.1 Å². The second-order valence-corrected chi connectivity index (χ2v) is 5.99. The maximum absolute atomic E-state index is 4.23. The van der Waals surface area contributed by atoms with Crippen molar-refractivity contribution in [2.45, 2.75) is 25.4 Å². The zero-order valence-electron chi connectivity index (χ0n) is 13.7. The van der Waals surface area contributed by atoms with E-state index >= 15 is 0 Å². The van der Waals surface area contributed by atoms with Gasteiger partial charge in [-0.25, -0.2) is 0 Å². The van der Waals surface area contributed by atoms with Gasteiger partial charge < -0.3 is 5.32 Å². The fourth-order valence-corrected chi connectivity index (χ4v) is 3.05. The fourth-order valence-electron chi connectivity index (χ4n) is 3.05. The number of aryl methyl sites for hydroxylation is 1. The molecule has 0 aliphatic carbocycles. The third-order valence-corrected chi connectivity index (χ3v) is 4.20.